The van der Waals surface area contributed by atoms with Gasteiger partial charge in [-0.05, 0) is 47.1 Å². The summed E-state index contributed by atoms with van der Waals surface area (Å²) in [4.78, 5) is 0. The van der Waals surface area contributed by atoms with Crippen LogP contribution in [0.15, 0.2) is 0 Å². The minimum atomic E-state index is -0.0805. The van der Waals surface area contributed by atoms with Crippen molar-refractivity contribution in [1.29, 1.82) is 0 Å². The maximum atomic E-state index is 6.22. The van der Waals surface area contributed by atoms with Crippen molar-refractivity contribution >= 4 is 0 Å². The molecule has 2 unspecified atom stereocenters. The number of rotatable bonds is 9. The van der Waals surface area contributed by atoms with Gasteiger partial charge in [0.05, 0.1) is 24.4 Å². The van der Waals surface area contributed by atoms with Crippen LogP contribution in [0, 0.1) is 5.92 Å². The molecule has 1 N–H and O–H groups in total. The van der Waals surface area contributed by atoms with E-state index < -0.39 is 0 Å². The molecule has 120 valence electrons. The first-order valence-corrected chi connectivity index (χ1v) is 7.82. The van der Waals surface area contributed by atoms with E-state index in [2.05, 4.69) is 39.9 Å². The molecule has 0 aromatic heterocycles. The maximum absolute atomic E-state index is 6.22. The second-order valence-corrected chi connectivity index (χ2v) is 6.83. The number of hydrogen-bond acceptors (Lipinski definition) is 4. The van der Waals surface area contributed by atoms with Crippen LogP contribution in [0.3, 0.4) is 0 Å². The molecule has 1 aliphatic rings. The highest BCUT2D eigenvalue weighted by Gasteiger charge is 2.48. The van der Waals surface area contributed by atoms with Gasteiger partial charge in [0, 0.05) is 25.7 Å². The summed E-state index contributed by atoms with van der Waals surface area (Å²) >= 11 is 0. The second kappa shape index (κ2) is 7.74. The minimum Gasteiger partial charge on any atom is -0.382 e. The Hall–Kier alpha value is -0.160. The maximum Gasteiger partial charge on any atom is 0.0700 e. The zero-order valence-electron chi connectivity index (χ0n) is 14.1. The van der Waals surface area contributed by atoms with E-state index in [1.807, 2.05) is 0 Å². The van der Waals surface area contributed by atoms with Crippen molar-refractivity contribution in [3.05, 3.63) is 0 Å². The zero-order valence-corrected chi connectivity index (χ0v) is 14.1. The molecule has 1 saturated heterocycles. The van der Waals surface area contributed by atoms with Crippen LogP contribution in [0.2, 0.25) is 0 Å². The Labute approximate surface area is 124 Å². The molecule has 0 aliphatic carbocycles. The molecule has 0 amide bonds. The van der Waals surface area contributed by atoms with Gasteiger partial charge in [-0.3, -0.25) is 0 Å². The molecule has 0 saturated carbocycles. The van der Waals surface area contributed by atoms with E-state index in [4.69, 9.17) is 14.2 Å². The summed E-state index contributed by atoms with van der Waals surface area (Å²) in [6.45, 7) is 14.0. The quantitative estimate of drug-likeness (QED) is 0.662. The average Bonchev–Trinajstić information content (AvgIpc) is 2.55. The smallest absolute Gasteiger partial charge is 0.0700 e. The highest BCUT2D eigenvalue weighted by Crippen LogP contribution is 2.44. The molecule has 0 aromatic rings. The van der Waals surface area contributed by atoms with Gasteiger partial charge in [-0.25, -0.2) is 0 Å². The van der Waals surface area contributed by atoms with E-state index in [1.54, 1.807) is 7.11 Å². The first-order chi connectivity index (χ1) is 9.32. The third kappa shape index (κ3) is 5.32. The van der Waals surface area contributed by atoms with Crippen LogP contribution in [0.4, 0.5) is 0 Å². The normalized spacial score (nSPS) is 25.8. The lowest BCUT2D eigenvalue weighted by Gasteiger charge is -2.33. The summed E-state index contributed by atoms with van der Waals surface area (Å²) in [6, 6.07) is 0.444. The molecule has 1 fully saturated rings. The van der Waals surface area contributed by atoms with E-state index in [1.165, 1.54) is 0 Å². The summed E-state index contributed by atoms with van der Waals surface area (Å²) in [5, 5.41) is 3.62. The fourth-order valence-corrected chi connectivity index (χ4v) is 3.39. The molecule has 0 radical (unpaired) electrons. The minimum absolute atomic E-state index is 0.0290. The number of nitrogens with one attached hydrogen (secondary N) is 1. The Morgan fingerprint density at radius 1 is 1.20 bits per heavy atom. The molecule has 1 aliphatic heterocycles. The van der Waals surface area contributed by atoms with E-state index in [9.17, 15) is 0 Å². The summed E-state index contributed by atoms with van der Waals surface area (Å²) in [5.41, 5.74) is -0.110. The van der Waals surface area contributed by atoms with Crippen LogP contribution in [0.25, 0.3) is 0 Å². The highest BCUT2D eigenvalue weighted by atomic mass is 16.5. The van der Waals surface area contributed by atoms with Crippen LogP contribution >= 0.6 is 0 Å². The second-order valence-electron chi connectivity index (χ2n) is 6.83. The van der Waals surface area contributed by atoms with Gasteiger partial charge in [0.2, 0.25) is 0 Å². The predicted octanol–water partition coefficient (Wildman–Crippen LogP) is 2.61. The SMILES string of the molecule is CCNC(CCOCCOC)C1CC(C)(C)OC1(C)C. The Morgan fingerprint density at radius 2 is 1.90 bits per heavy atom. The van der Waals surface area contributed by atoms with Crippen molar-refractivity contribution in [2.45, 2.75) is 64.7 Å². The lowest BCUT2D eigenvalue weighted by atomic mass is 9.80. The van der Waals surface area contributed by atoms with E-state index in [-0.39, 0.29) is 11.2 Å². The van der Waals surface area contributed by atoms with E-state index in [0.29, 0.717) is 25.2 Å². The molecule has 4 heteroatoms. The Balaban J connectivity index is 2.52. The van der Waals surface area contributed by atoms with Gasteiger partial charge in [0.25, 0.3) is 0 Å². The fraction of sp³-hybridized carbons (Fsp3) is 1.00. The number of ether oxygens (including phenoxy) is 3. The Kier molecular flexibility index (Phi) is 6.92. The predicted molar refractivity (Wildman–Crippen MR) is 82.1 cm³/mol. The summed E-state index contributed by atoms with van der Waals surface area (Å²) in [7, 11) is 1.70. The van der Waals surface area contributed by atoms with Crippen LogP contribution in [0.5, 0.6) is 0 Å². The molecule has 0 aromatic carbocycles. The average molecular weight is 287 g/mol. The molecular formula is C16H33NO3. The fourth-order valence-electron chi connectivity index (χ4n) is 3.39. The molecule has 1 heterocycles. The van der Waals surface area contributed by atoms with Crippen molar-refractivity contribution < 1.29 is 14.2 Å². The van der Waals surface area contributed by atoms with Crippen molar-refractivity contribution in [1.82, 2.24) is 5.32 Å². The largest absolute Gasteiger partial charge is 0.382 e. The van der Waals surface area contributed by atoms with Gasteiger partial charge >= 0.3 is 0 Å². The molecule has 20 heavy (non-hydrogen) atoms. The number of methoxy groups -OCH3 is 1. The van der Waals surface area contributed by atoms with Gasteiger partial charge in [-0.2, -0.15) is 0 Å². The summed E-state index contributed by atoms with van der Waals surface area (Å²) < 4.78 is 16.8. The Morgan fingerprint density at radius 3 is 2.40 bits per heavy atom. The molecular weight excluding hydrogens is 254 g/mol. The van der Waals surface area contributed by atoms with Crippen LogP contribution in [-0.4, -0.2) is 50.7 Å². The van der Waals surface area contributed by atoms with Crippen LogP contribution in [-0.2, 0) is 14.2 Å². The van der Waals surface area contributed by atoms with Crippen molar-refractivity contribution in [2.24, 2.45) is 5.92 Å². The molecule has 0 bridgehead atoms. The van der Waals surface area contributed by atoms with Crippen molar-refractivity contribution in [3.63, 3.8) is 0 Å². The standard InChI is InChI=1S/C16H33NO3/c1-7-17-14(8-9-19-11-10-18-6)13-12-15(2,3)20-16(13,4)5/h13-14,17H,7-12H2,1-6H3. The Bertz CT molecular complexity index is 279. The monoisotopic (exact) mass is 287 g/mol. The van der Waals surface area contributed by atoms with Crippen LogP contribution in [0.1, 0.15) is 47.5 Å². The first-order valence-electron chi connectivity index (χ1n) is 7.82. The first kappa shape index (κ1) is 17.9. The van der Waals surface area contributed by atoms with Crippen molar-refractivity contribution in [2.75, 3.05) is 33.5 Å². The third-order valence-corrected chi connectivity index (χ3v) is 4.10. The topological polar surface area (TPSA) is 39.7 Å². The lowest BCUT2D eigenvalue weighted by molar-refractivity contribution is -0.0785. The van der Waals surface area contributed by atoms with Gasteiger partial charge < -0.3 is 19.5 Å². The van der Waals surface area contributed by atoms with Gasteiger partial charge in [-0.1, -0.05) is 6.92 Å². The molecule has 4 nitrogen and oxygen atoms in total. The molecule has 2 atom stereocenters. The summed E-state index contributed by atoms with van der Waals surface area (Å²) in [5.74, 6) is 0.517. The highest BCUT2D eigenvalue weighted by molar-refractivity contribution is 4.99. The van der Waals surface area contributed by atoms with Gasteiger partial charge in [0.15, 0.2) is 0 Å². The van der Waals surface area contributed by atoms with E-state index >= 15 is 0 Å². The lowest BCUT2D eigenvalue weighted by Crippen LogP contribution is -2.44. The zero-order chi connectivity index (χ0) is 15.2. The molecule has 0 spiro atoms. The number of hydrogen-bond donors (Lipinski definition) is 1. The van der Waals surface area contributed by atoms with Crippen molar-refractivity contribution in [3.8, 4) is 0 Å². The van der Waals surface area contributed by atoms with Crippen LogP contribution < -0.4 is 5.32 Å². The van der Waals surface area contributed by atoms with Gasteiger partial charge in [0.1, 0.15) is 0 Å². The molecule has 1 rings (SSSR count). The van der Waals surface area contributed by atoms with E-state index in [0.717, 1.165) is 26.0 Å². The third-order valence-electron chi connectivity index (χ3n) is 4.10. The van der Waals surface area contributed by atoms with Gasteiger partial charge in [-0.15, -0.1) is 0 Å². The summed E-state index contributed by atoms with van der Waals surface area (Å²) in [6.07, 6.45) is 2.11.